The topological polar surface area (TPSA) is 41.3 Å². The first-order chi connectivity index (χ1) is 7.05. The number of oxazole rings is 1. The molecule has 1 N–H and O–H groups in total. The molecule has 1 saturated heterocycles. The first-order valence-electron chi connectivity index (χ1n) is 5.44. The Morgan fingerprint density at radius 3 is 3.00 bits per heavy atom. The maximum atomic E-state index is 5.48. The van der Waals surface area contributed by atoms with Gasteiger partial charge in [-0.1, -0.05) is 0 Å². The summed E-state index contributed by atoms with van der Waals surface area (Å²) in [6.45, 7) is 10.3. The summed E-state index contributed by atoms with van der Waals surface area (Å²) in [6.07, 6.45) is 1.78. The molecule has 0 amide bonds. The van der Waals surface area contributed by atoms with Gasteiger partial charge < -0.3 is 9.73 Å². The van der Waals surface area contributed by atoms with Gasteiger partial charge in [-0.15, -0.1) is 0 Å². The largest absolute Gasteiger partial charge is 0.445 e. The molecule has 1 fully saturated rings. The van der Waals surface area contributed by atoms with Crippen LogP contribution in [0.3, 0.4) is 0 Å². The molecule has 0 aliphatic carbocycles. The van der Waals surface area contributed by atoms with E-state index < -0.39 is 0 Å². The number of nitrogens with zero attached hydrogens (tertiary/aromatic N) is 2. The molecule has 0 radical (unpaired) electrons. The van der Waals surface area contributed by atoms with E-state index in [-0.39, 0.29) is 5.54 Å². The number of aryl methyl sites for hydroxylation is 1. The molecular weight excluding hydrogens is 190 g/mol. The fourth-order valence-corrected chi connectivity index (χ4v) is 2.05. The van der Waals surface area contributed by atoms with Gasteiger partial charge in [0.05, 0.1) is 12.7 Å². The average Bonchev–Trinajstić information content (AvgIpc) is 2.49. The molecule has 15 heavy (non-hydrogen) atoms. The second-order valence-corrected chi connectivity index (χ2v) is 4.89. The first kappa shape index (κ1) is 10.6. The zero-order chi connectivity index (χ0) is 10.9. The summed E-state index contributed by atoms with van der Waals surface area (Å²) in [5.74, 6) is 1.71. The molecule has 1 aromatic rings. The van der Waals surface area contributed by atoms with Crippen LogP contribution >= 0.6 is 0 Å². The number of hydrogen-bond donors (Lipinski definition) is 1. The third-order valence-electron chi connectivity index (χ3n) is 2.68. The zero-order valence-electron chi connectivity index (χ0n) is 9.71. The molecule has 0 atom stereocenters. The number of piperazine rings is 1. The van der Waals surface area contributed by atoms with Crippen LogP contribution in [0.15, 0.2) is 10.6 Å². The van der Waals surface area contributed by atoms with Crippen molar-refractivity contribution >= 4 is 0 Å². The average molecular weight is 209 g/mol. The van der Waals surface area contributed by atoms with Crippen LogP contribution < -0.4 is 5.32 Å². The van der Waals surface area contributed by atoms with Crippen molar-refractivity contribution in [2.45, 2.75) is 32.9 Å². The Morgan fingerprint density at radius 2 is 2.40 bits per heavy atom. The summed E-state index contributed by atoms with van der Waals surface area (Å²) in [7, 11) is 0. The molecular formula is C11H19N3O. The molecule has 0 spiro atoms. The van der Waals surface area contributed by atoms with Crippen molar-refractivity contribution in [1.82, 2.24) is 15.2 Å². The number of rotatable bonds is 2. The van der Waals surface area contributed by atoms with Gasteiger partial charge in [-0.05, 0) is 20.8 Å². The number of aromatic nitrogens is 1. The SMILES string of the molecule is Cc1cnc(CN2CCNC(C)(C)C2)o1. The molecule has 0 unspecified atom stereocenters. The Morgan fingerprint density at radius 1 is 1.60 bits per heavy atom. The van der Waals surface area contributed by atoms with Crippen LogP contribution in [-0.2, 0) is 6.54 Å². The van der Waals surface area contributed by atoms with Crippen molar-refractivity contribution in [3.05, 3.63) is 17.8 Å². The Kier molecular flexibility index (Phi) is 2.80. The number of hydrogen-bond acceptors (Lipinski definition) is 4. The second kappa shape index (κ2) is 3.94. The van der Waals surface area contributed by atoms with E-state index in [0.717, 1.165) is 37.8 Å². The molecule has 2 heterocycles. The molecule has 4 nitrogen and oxygen atoms in total. The third kappa shape index (κ3) is 2.79. The molecule has 0 bridgehead atoms. The van der Waals surface area contributed by atoms with Gasteiger partial charge in [0.25, 0.3) is 0 Å². The Bertz CT molecular complexity index is 332. The van der Waals surface area contributed by atoms with Crippen molar-refractivity contribution in [3.8, 4) is 0 Å². The molecule has 2 rings (SSSR count). The van der Waals surface area contributed by atoms with Crippen LogP contribution in [0.2, 0.25) is 0 Å². The Hall–Kier alpha value is -0.870. The van der Waals surface area contributed by atoms with Crippen molar-refractivity contribution < 1.29 is 4.42 Å². The van der Waals surface area contributed by atoms with E-state index in [1.165, 1.54) is 0 Å². The lowest BCUT2D eigenvalue weighted by Crippen LogP contribution is -2.56. The lowest BCUT2D eigenvalue weighted by molar-refractivity contribution is 0.137. The van der Waals surface area contributed by atoms with Gasteiger partial charge in [0.15, 0.2) is 0 Å². The van der Waals surface area contributed by atoms with Crippen molar-refractivity contribution in [1.29, 1.82) is 0 Å². The highest BCUT2D eigenvalue weighted by Crippen LogP contribution is 2.13. The maximum absolute atomic E-state index is 5.48. The summed E-state index contributed by atoms with van der Waals surface area (Å²) < 4.78 is 5.48. The van der Waals surface area contributed by atoms with Crippen molar-refractivity contribution in [2.75, 3.05) is 19.6 Å². The monoisotopic (exact) mass is 209 g/mol. The van der Waals surface area contributed by atoms with E-state index >= 15 is 0 Å². The highest BCUT2D eigenvalue weighted by molar-refractivity contribution is 4.93. The molecule has 1 aliphatic rings. The fourth-order valence-electron chi connectivity index (χ4n) is 2.05. The lowest BCUT2D eigenvalue weighted by Gasteiger charge is -2.38. The highest BCUT2D eigenvalue weighted by Gasteiger charge is 2.26. The van der Waals surface area contributed by atoms with Gasteiger partial charge in [0, 0.05) is 25.2 Å². The van der Waals surface area contributed by atoms with E-state index in [1.54, 1.807) is 6.20 Å². The normalized spacial score (nSPS) is 21.8. The minimum atomic E-state index is 0.194. The standard InChI is InChI=1S/C11H19N3O/c1-9-6-12-10(15-9)7-14-5-4-13-11(2,3)8-14/h6,13H,4-5,7-8H2,1-3H3. The summed E-state index contributed by atoms with van der Waals surface area (Å²) in [5, 5.41) is 3.49. The quantitative estimate of drug-likeness (QED) is 0.793. The van der Waals surface area contributed by atoms with Crippen LogP contribution in [0.5, 0.6) is 0 Å². The van der Waals surface area contributed by atoms with Crippen LogP contribution in [-0.4, -0.2) is 35.1 Å². The molecule has 0 aromatic carbocycles. The summed E-state index contributed by atoms with van der Waals surface area (Å²) >= 11 is 0. The Labute approximate surface area is 90.7 Å². The molecule has 1 aromatic heterocycles. The Balaban J connectivity index is 1.95. The highest BCUT2D eigenvalue weighted by atomic mass is 16.4. The zero-order valence-corrected chi connectivity index (χ0v) is 9.71. The van der Waals surface area contributed by atoms with Gasteiger partial charge in [0.2, 0.25) is 5.89 Å². The lowest BCUT2D eigenvalue weighted by atomic mass is 10.0. The minimum absolute atomic E-state index is 0.194. The van der Waals surface area contributed by atoms with E-state index in [0.29, 0.717) is 0 Å². The van der Waals surface area contributed by atoms with Crippen LogP contribution in [0.1, 0.15) is 25.5 Å². The summed E-state index contributed by atoms with van der Waals surface area (Å²) in [6, 6.07) is 0. The van der Waals surface area contributed by atoms with Gasteiger partial charge in [-0.3, -0.25) is 4.90 Å². The van der Waals surface area contributed by atoms with Crippen LogP contribution in [0.4, 0.5) is 0 Å². The van der Waals surface area contributed by atoms with Crippen LogP contribution in [0, 0.1) is 6.92 Å². The predicted molar refractivity (Wildman–Crippen MR) is 58.6 cm³/mol. The van der Waals surface area contributed by atoms with Gasteiger partial charge in [-0.2, -0.15) is 0 Å². The van der Waals surface area contributed by atoms with E-state index in [2.05, 4.69) is 29.0 Å². The van der Waals surface area contributed by atoms with Gasteiger partial charge in [-0.25, -0.2) is 4.98 Å². The fraction of sp³-hybridized carbons (Fsp3) is 0.727. The van der Waals surface area contributed by atoms with E-state index in [9.17, 15) is 0 Å². The molecule has 84 valence electrons. The van der Waals surface area contributed by atoms with Crippen LogP contribution in [0.25, 0.3) is 0 Å². The van der Waals surface area contributed by atoms with Gasteiger partial charge >= 0.3 is 0 Å². The molecule has 4 heteroatoms. The first-order valence-corrected chi connectivity index (χ1v) is 5.44. The second-order valence-electron chi connectivity index (χ2n) is 4.89. The maximum Gasteiger partial charge on any atom is 0.208 e. The molecule has 0 saturated carbocycles. The van der Waals surface area contributed by atoms with E-state index in [4.69, 9.17) is 4.42 Å². The number of nitrogens with one attached hydrogen (secondary N) is 1. The van der Waals surface area contributed by atoms with Gasteiger partial charge in [0.1, 0.15) is 5.76 Å². The van der Waals surface area contributed by atoms with E-state index in [1.807, 2.05) is 6.92 Å². The summed E-state index contributed by atoms with van der Waals surface area (Å²) in [4.78, 5) is 6.61. The van der Waals surface area contributed by atoms with Crippen molar-refractivity contribution in [2.24, 2.45) is 0 Å². The third-order valence-corrected chi connectivity index (χ3v) is 2.68. The smallest absolute Gasteiger partial charge is 0.208 e. The van der Waals surface area contributed by atoms with Crippen molar-refractivity contribution in [3.63, 3.8) is 0 Å². The summed E-state index contributed by atoms with van der Waals surface area (Å²) in [5.41, 5.74) is 0.194. The molecule has 1 aliphatic heterocycles. The predicted octanol–water partition coefficient (Wildman–Crippen LogP) is 1.17. The minimum Gasteiger partial charge on any atom is -0.445 e.